The minimum Gasteiger partial charge on any atom is -0.485 e. The number of carboxylic acids is 1. The fourth-order valence-corrected chi connectivity index (χ4v) is 4.29. The molecule has 2 aliphatic rings. The normalized spacial score (nSPS) is 20.4. The lowest BCUT2D eigenvalue weighted by molar-refractivity contribution is -0.139. The summed E-state index contributed by atoms with van der Waals surface area (Å²) in [7, 11) is 0. The van der Waals surface area contributed by atoms with Gasteiger partial charge in [0.2, 0.25) is 0 Å². The van der Waals surface area contributed by atoms with Crippen LogP contribution in [0, 0.1) is 0 Å². The lowest BCUT2D eigenvalue weighted by Crippen LogP contribution is -2.36. The van der Waals surface area contributed by atoms with Crippen LogP contribution < -0.4 is 9.47 Å². The molecule has 5 nitrogen and oxygen atoms in total. The first-order valence-electron chi connectivity index (χ1n) is 10.2. The monoisotopic (exact) mass is 401 g/mol. The predicted molar refractivity (Wildman–Crippen MR) is 113 cm³/mol. The molecule has 0 saturated carbocycles. The maximum Gasteiger partial charge on any atom is 0.312 e. The highest BCUT2D eigenvalue weighted by molar-refractivity contribution is 5.77. The van der Waals surface area contributed by atoms with E-state index >= 15 is 0 Å². The fraction of sp³-hybridized carbons (Fsp3) is 0.240. The molecule has 0 aliphatic carbocycles. The van der Waals surface area contributed by atoms with E-state index in [1.165, 1.54) is 0 Å². The van der Waals surface area contributed by atoms with Gasteiger partial charge in [-0.3, -0.25) is 9.69 Å². The summed E-state index contributed by atoms with van der Waals surface area (Å²) in [6, 6.07) is 23.9. The molecule has 1 N–H and O–H groups in total. The van der Waals surface area contributed by atoms with Crippen LogP contribution in [0.5, 0.6) is 11.5 Å². The van der Waals surface area contributed by atoms with E-state index in [4.69, 9.17) is 9.47 Å². The van der Waals surface area contributed by atoms with Crippen molar-refractivity contribution < 1.29 is 19.4 Å². The van der Waals surface area contributed by atoms with Crippen molar-refractivity contribution >= 4 is 5.97 Å². The average Bonchev–Trinajstić information content (AvgIpc) is 2.78. The molecule has 0 radical (unpaired) electrons. The first-order chi connectivity index (χ1) is 14.7. The van der Waals surface area contributed by atoms with Gasteiger partial charge in [-0.2, -0.15) is 0 Å². The summed E-state index contributed by atoms with van der Waals surface area (Å²) >= 11 is 0. The number of hydrogen-bond acceptors (Lipinski definition) is 4. The van der Waals surface area contributed by atoms with Gasteiger partial charge in [0.15, 0.2) is 17.6 Å². The van der Waals surface area contributed by atoms with Gasteiger partial charge >= 0.3 is 5.97 Å². The van der Waals surface area contributed by atoms with Gasteiger partial charge in [0.1, 0.15) is 6.61 Å². The number of nitrogens with zero attached hydrogens (tertiary/aromatic N) is 1. The number of hydrogen-bond donors (Lipinski definition) is 1. The second-order valence-corrected chi connectivity index (χ2v) is 7.87. The van der Waals surface area contributed by atoms with Crippen LogP contribution in [0.1, 0.15) is 34.3 Å². The minimum atomic E-state index is -0.766. The van der Waals surface area contributed by atoms with E-state index in [-0.39, 0.29) is 6.10 Å². The number of aliphatic carboxylic acids is 1. The van der Waals surface area contributed by atoms with Crippen LogP contribution >= 0.6 is 0 Å². The highest BCUT2D eigenvalue weighted by Crippen LogP contribution is 2.36. The topological polar surface area (TPSA) is 59.0 Å². The van der Waals surface area contributed by atoms with Crippen molar-refractivity contribution in [3.8, 4) is 11.5 Å². The van der Waals surface area contributed by atoms with E-state index in [9.17, 15) is 9.90 Å². The van der Waals surface area contributed by atoms with E-state index in [1.807, 2.05) is 48.5 Å². The van der Waals surface area contributed by atoms with Crippen molar-refractivity contribution in [1.82, 2.24) is 4.90 Å². The van der Waals surface area contributed by atoms with Crippen LogP contribution in [0.25, 0.3) is 0 Å². The van der Waals surface area contributed by atoms with E-state index in [0.29, 0.717) is 19.7 Å². The maximum atomic E-state index is 11.8. The van der Waals surface area contributed by atoms with Crippen LogP contribution in [-0.2, 0) is 17.9 Å². The third-order valence-corrected chi connectivity index (χ3v) is 5.83. The molecule has 5 rings (SSSR count). The van der Waals surface area contributed by atoms with Crippen LogP contribution in [0.3, 0.4) is 0 Å². The van der Waals surface area contributed by atoms with Crippen molar-refractivity contribution in [2.45, 2.75) is 25.1 Å². The molecular weight excluding hydrogens is 378 g/mol. The Labute approximate surface area is 175 Å². The van der Waals surface area contributed by atoms with Gasteiger partial charge in [-0.25, -0.2) is 0 Å². The number of para-hydroxylation sites is 2. The summed E-state index contributed by atoms with van der Waals surface area (Å²) in [6.45, 7) is 2.48. The fourth-order valence-electron chi connectivity index (χ4n) is 4.29. The SMILES string of the molecule is O=C(O)C1CN(Cc2ccc(C3COc4ccccc4O3)cc2)Cc2ccccc21. The molecule has 2 heterocycles. The van der Waals surface area contributed by atoms with Gasteiger partial charge in [0.05, 0.1) is 5.92 Å². The molecule has 0 saturated heterocycles. The number of ether oxygens (including phenoxy) is 2. The summed E-state index contributed by atoms with van der Waals surface area (Å²) in [6.07, 6.45) is -0.132. The lowest BCUT2D eigenvalue weighted by Gasteiger charge is -2.33. The molecule has 3 aromatic rings. The molecule has 152 valence electrons. The molecule has 2 unspecified atom stereocenters. The van der Waals surface area contributed by atoms with Crippen molar-refractivity contribution in [2.75, 3.05) is 13.2 Å². The van der Waals surface area contributed by atoms with Gasteiger partial charge in [0, 0.05) is 19.6 Å². The summed E-state index contributed by atoms with van der Waals surface area (Å²) in [5.74, 6) is 0.299. The Hall–Kier alpha value is -3.31. The predicted octanol–water partition coefficient (Wildman–Crippen LogP) is 4.38. The largest absolute Gasteiger partial charge is 0.485 e. The number of fused-ring (bicyclic) bond motifs is 2. The zero-order valence-corrected chi connectivity index (χ0v) is 16.5. The third kappa shape index (κ3) is 3.64. The van der Waals surface area contributed by atoms with Crippen LogP contribution in [0.15, 0.2) is 72.8 Å². The van der Waals surface area contributed by atoms with E-state index in [2.05, 4.69) is 29.2 Å². The van der Waals surface area contributed by atoms with E-state index in [0.717, 1.165) is 40.3 Å². The number of carbonyl (C=O) groups is 1. The van der Waals surface area contributed by atoms with Crippen molar-refractivity contribution in [3.05, 3.63) is 95.1 Å². The van der Waals surface area contributed by atoms with Crippen molar-refractivity contribution in [3.63, 3.8) is 0 Å². The Morgan fingerprint density at radius 3 is 2.50 bits per heavy atom. The second kappa shape index (κ2) is 7.84. The Balaban J connectivity index is 1.28. The number of rotatable bonds is 4. The summed E-state index contributed by atoms with van der Waals surface area (Å²) < 4.78 is 11.9. The van der Waals surface area contributed by atoms with Crippen molar-refractivity contribution in [1.29, 1.82) is 0 Å². The first kappa shape index (κ1) is 18.7. The molecule has 0 aromatic heterocycles. The molecule has 0 amide bonds. The molecule has 0 spiro atoms. The minimum absolute atomic E-state index is 0.132. The summed E-state index contributed by atoms with van der Waals surface area (Å²) in [5, 5.41) is 9.67. The molecule has 3 aromatic carbocycles. The molecule has 30 heavy (non-hydrogen) atoms. The molecule has 5 heteroatoms. The smallest absolute Gasteiger partial charge is 0.312 e. The van der Waals surface area contributed by atoms with Gasteiger partial charge in [0.25, 0.3) is 0 Å². The summed E-state index contributed by atoms with van der Waals surface area (Å²) in [4.78, 5) is 14.0. The Morgan fingerprint density at radius 1 is 0.967 bits per heavy atom. The average molecular weight is 401 g/mol. The van der Waals surface area contributed by atoms with Crippen LogP contribution in [0.2, 0.25) is 0 Å². The van der Waals surface area contributed by atoms with Crippen LogP contribution in [0.4, 0.5) is 0 Å². The first-order valence-corrected chi connectivity index (χ1v) is 10.2. The molecule has 0 fully saturated rings. The van der Waals surface area contributed by atoms with E-state index in [1.54, 1.807) is 0 Å². The number of benzene rings is 3. The van der Waals surface area contributed by atoms with Crippen LogP contribution in [-0.4, -0.2) is 29.1 Å². The highest BCUT2D eigenvalue weighted by Gasteiger charge is 2.30. The Bertz CT molecular complexity index is 1060. The molecule has 2 aliphatic heterocycles. The molecule has 2 atom stereocenters. The van der Waals surface area contributed by atoms with Gasteiger partial charge in [-0.05, 0) is 34.4 Å². The van der Waals surface area contributed by atoms with Gasteiger partial charge in [-0.1, -0.05) is 60.7 Å². The van der Waals surface area contributed by atoms with Gasteiger partial charge < -0.3 is 14.6 Å². The Kier molecular flexibility index (Phi) is 4.89. The molecular formula is C25H23NO4. The van der Waals surface area contributed by atoms with Crippen molar-refractivity contribution in [2.24, 2.45) is 0 Å². The quantitative estimate of drug-likeness (QED) is 0.703. The molecule has 0 bridgehead atoms. The maximum absolute atomic E-state index is 11.8. The van der Waals surface area contributed by atoms with Gasteiger partial charge in [-0.15, -0.1) is 0 Å². The number of carboxylic acid groups (broad SMARTS) is 1. The standard InChI is InChI=1S/C25H23NO4/c27-25(28)21-15-26(14-19-5-1-2-6-20(19)21)13-17-9-11-18(12-10-17)24-16-29-22-7-3-4-8-23(22)30-24/h1-12,21,24H,13-16H2,(H,27,28). The zero-order valence-electron chi connectivity index (χ0n) is 16.5. The zero-order chi connectivity index (χ0) is 20.5. The lowest BCUT2D eigenvalue weighted by atomic mass is 9.89. The second-order valence-electron chi connectivity index (χ2n) is 7.87. The third-order valence-electron chi connectivity index (χ3n) is 5.83. The Morgan fingerprint density at radius 2 is 1.70 bits per heavy atom. The highest BCUT2D eigenvalue weighted by atomic mass is 16.6. The summed E-state index contributed by atoms with van der Waals surface area (Å²) in [5.41, 5.74) is 4.26. The van der Waals surface area contributed by atoms with E-state index < -0.39 is 11.9 Å².